The lowest BCUT2D eigenvalue weighted by atomic mass is 9.89. The quantitative estimate of drug-likeness (QED) is 0.561. The van der Waals surface area contributed by atoms with Crippen LogP contribution in [0.25, 0.3) is 0 Å². The highest BCUT2D eigenvalue weighted by Gasteiger charge is 2.24. The molecule has 1 aromatic carbocycles. The van der Waals surface area contributed by atoms with Gasteiger partial charge in [-0.25, -0.2) is 9.36 Å². The SMILES string of the molecule is CCOc1ccccc1NC(=O)Cn1nc(C2CCCCC2)n(-n2cccc2)c1=S. The number of amides is 1. The van der Waals surface area contributed by atoms with Crippen molar-refractivity contribution in [2.24, 2.45) is 0 Å². The molecule has 2 heterocycles. The van der Waals surface area contributed by atoms with Gasteiger partial charge in [0.05, 0.1) is 12.3 Å². The van der Waals surface area contributed by atoms with Gasteiger partial charge in [0.25, 0.3) is 0 Å². The molecule has 0 atom stereocenters. The zero-order chi connectivity index (χ0) is 20.9. The van der Waals surface area contributed by atoms with E-state index in [9.17, 15) is 4.79 Å². The van der Waals surface area contributed by atoms with Crippen LogP contribution in [0.4, 0.5) is 5.69 Å². The lowest BCUT2D eigenvalue weighted by Gasteiger charge is -2.21. The molecule has 0 spiro atoms. The maximum absolute atomic E-state index is 12.8. The van der Waals surface area contributed by atoms with Crippen molar-refractivity contribution in [2.45, 2.75) is 51.5 Å². The fourth-order valence-corrected chi connectivity index (χ4v) is 4.28. The molecule has 1 aliphatic rings. The summed E-state index contributed by atoms with van der Waals surface area (Å²) >= 11 is 5.72. The second-order valence-corrected chi connectivity index (χ2v) is 7.85. The molecular weight excluding hydrogens is 398 g/mol. The number of carbonyl (C=O) groups is 1. The van der Waals surface area contributed by atoms with Crippen LogP contribution >= 0.6 is 12.2 Å². The Bertz CT molecular complexity index is 1050. The van der Waals surface area contributed by atoms with Gasteiger partial charge in [0.15, 0.2) is 5.82 Å². The van der Waals surface area contributed by atoms with Crippen molar-refractivity contribution in [1.82, 2.24) is 19.1 Å². The summed E-state index contributed by atoms with van der Waals surface area (Å²) in [5.41, 5.74) is 0.646. The second kappa shape index (κ2) is 9.30. The van der Waals surface area contributed by atoms with E-state index >= 15 is 0 Å². The Labute approximate surface area is 181 Å². The maximum Gasteiger partial charge on any atom is 0.246 e. The van der Waals surface area contributed by atoms with Crippen LogP contribution in [-0.4, -0.2) is 31.6 Å². The minimum absolute atomic E-state index is 0.0489. The largest absolute Gasteiger partial charge is 0.492 e. The van der Waals surface area contributed by atoms with Gasteiger partial charge in [0, 0.05) is 18.3 Å². The van der Waals surface area contributed by atoms with E-state index in [-0.39, 0.29) is 12.5 Å². The predicted octanol–water partition coefficient (Wildman–Crippen LogP) is 4.61. The van der Waals surface area contributed by atoms with Gasteiger partial charge < -0.3 is 10.1 Å². The molecular formula is C22H27N5O2S. The molecule has 158 valence electrons. The molecule has 0 radical (unpaired) electrons. The Balaban J connectivity index is 1.60. The van der Waals surface area contributed by atoms with E-state index in [0.717, 1.165) is 18.7 Å². The number of carbonyl (C=O) groups excluding carboxylic acids is 1. The lowest BCUT2D eigenvalue weighted by molar-refractivity contribution is -0.117. The monoisotopic (exact) mass is 425 g/mol. The van der Waals surface area contributed by atoms with Crippen molar-refractivity contribution < 1.29 is 9.53 Å². The van der Waals surface area contributed by atoms with Gasteiger partial charge in [-0.2, -0.15) is 5.10 Å². The van der Waals surface area contributed by atoms with E-state index in [1.54, 1.807) is 4.68 Å². The molecule has 1 amide bonds. The summed E-state index contributed by atoms with van der Waals surface area (Å²) in [5.74, 6) is 1.74. The molecule has 4 rings (SSSR count). The van der Waals surface area contributed by atoms with Crippen molar-refractivity contribution in [3.05, 3.63) is 59.4 Å². The van der Waals surface area contributed by atoms with E-state index in [4.69, 9.17) is 22.1 Å². The van der Waals surface area contributed by atoms with E-state index in [1.165, 1.54) is 19.3 Å². The average molecular weight is 426 g/mol. The lowest BCUT2D eigenvalue weighted by Crippen LogP contribution is -2.20. The van der Waals surface area contributed by atoms with Gasteiger partial charge in [-0.05, 0) is 56.2 Å². The summed E-state index contributed by atoms with van der Waals surface area (Å²) in [7, 11) is 0. The summed E-state index contributed by atoms with van der Waals surface area (Å²) in [6.45, 7) is 2.50. The van der Waals surface area contributed by atoms with Crippen molar-refractivity contribution >= 4 is 23.8 Å². The molecule has 1 N–H and O–H groups in total. The summed E-state index contributed by atoms with van der Waals surface area (Å²) < 4.78 is 11.6. The van der Waals surface area contributed by atoms with E-state index in [0.29, 0.717) is 28.7 Å². The third kappa shape index (κ3) is 4.33. The van der Waals surface area contributed by atoms with Crippen LogP contribution in [0, 0.1) is 4.77 Å². The number of nitrogens with one attached hydrogen (secondary N) is 1. The highest BCUT2D eigenvalue weighted by molar-refractivity contribution is 7.71. The van der Waals surface area contributed by atoms with Gasteiger partial charge in [-0.15, -0.1) is 0 Å². The van der Waals surface area contributed by atoms with Gasteiger partial charge in [-0.3, -0.25) is 9.47 Å². The first-order chi connectivity index (χ1) is 14.7. The third-order valence-corrected chi connectivity index (χ3v) is 5.77. The Morgan fingerprint density at radius 3 is 2.63 bits per heavy atom. The number of hydrogen-bond acceptors (Lipinski definition) is 4. The highest BCUT2D eigenvalue weighted by atomic mass is 32.1. The predicted molar refractivity (Wildman–Crippen MR) is 118 cm³/mol. The van der Waals surface area contributed by atoms with Crippen LogP contribution in [0.15, 0.2) is 48.8 Å². The molecule has 30 heavy (non-hydrogen) atoms. The molecule has 1 fully saturated rings. The fourth-order valence-electron chi connectivity index (χ4n) is 3.99. The normalized spacial score (nSPS) is 14.6. The summed E-state index contributed by atoms with van der Waals surface area (Å²) in [5, 5.41) is 7.72. The second-order valence-electron chi connectivity index (χ2n) is 7.49. The van der Waals surface area contributed by atoms with Gasteiger partial charge in [0.1, 0.15) is 12.3 Å². The molecule has 1 aliphatic carbocycles. The molecule has 0 aliphatic heterocycles. The van der Waals surface area contributed by atoms with Crippen LogP contribution in [0.3, 0.4) is 0 Å². The highest BCUT2D eigenvalue weighted by Crippen LogP contribution is 2.32. The van der Waals surface area contributed by atoms with Crippen LogP contribution in [0.1, 0.15) is 50.8 Å². The van der Waals surface area contributed by atoms with Crippen molar-refractivity contribution in [1.29, 1.82) is 0 Å². The average Bonchev–Trinajstić information content (AvgIpc) is 3.39. The van der Waals surface area contributed by atoms with Crippen LogP contribution in [0.5, 0.6) is 5.75 Å². The first kappa shape index (κ1) is 20.4. The molecule has 7 nitrogen and oxygen atoms in total. The Morgan fingerprint density at radius 2 is 1.90 bits per heavy atom. The van der Waals surface area contributed by atoms with Crippen LogP contribution in [0.2, 0.25) is 0 Å². The molecule has 0 unspecified atom stereocenters. The number of rotatable bonds is 7. The van der Waals surface area contributed by atoms with Crippen molar-refractivity contribution in [3.63, 3.8) is 0 Å². The summed E-state index contributed by atoms with van der Waals surface area (Å²) in [4.78, 5) is 12.8. The third-order valence-electron chi connectivity index (χ3n) is 5.39. The first-order valence-corrected chi connectivity index (χ1v) is 10.9. The minimum atomic E-state index is -0.189. The standard InChI is InChI=1S/C22H27N5O2S/c1-2-29-19-13-7-6-12-18(19)23-20(28)16-26-22(30)27(25-14-8-9-15-25)21(24-26)17-10-4-3-5-11-17/h6-9,12-15,17H,2-5,10-11,16H2,1H3,(H,23,28). The molecule has 8 heteroatoms. The van der Waals surface area contributed by atoms with Crippen LogP contribution in [-0.2, 0) is 11.3 Å². The Kier molecular flexibility index (Phi) is 6.32. The Hall–Kier alpha value is -2.87. The number of benzene rings is 1. The minimum Gasteiger partial charge on any atom is -0.492 e. The first-order valence-electron chi connectivity index (χ1n) is 10.5. The van der Waals surface area contributed by atoms with Crippen molar-refractivity contribution in [2.75, 3.05) is 11.9 Å². The number of para-hydroxylation sites is 2. The Morgan fingerprint density at radius 1 is 1.17 bits per heavy atom. The van der Waals surface area contributed by atoms with Crippen molar-refractivity contribution in [3.8, 4) is 5.75 Å². The zero-order valence-corrected chi connectivity index (χ0v) is 18.0. The summed E-state index contributed by atoms with van der Waals surface area (Å²) in [6.07, 6.45) is 9.76. The molecule has 2 aromatic heterocycles. The topological polar surface area (TPSA) is 66.0 Å². The van der Waals surface area contributed by atoms with E-state index < -0.39 is 0 Å². The number of nitrogens with zero attached hydrogens (tertiary/aromatic N) is 4. The van der Waals surface area contributed by atoms with E-state index in [2.05, 4.69) is 5.32 Å². The fraction of sp³-hybridized carbons (Fsp3) is 0.409. The number of ether oxygens (including phenoxy) is 1. The number of aromatic nitrogens is 4. The molecule has 0 bridgehead atoms. The number of anilines is 1. The van der Waals surface area contributed by atoms with Gasteiger partial charge >= 0.3 is 0 Å². The molecule has 1 saturated carbocycles. The van der Waals surface area contributed by atoms with Crippen LogP contribution < -0.4 is 10.1 Å². The number of hydrogen-bond donors (Lipinski definition) is 1. The maximum atomic E-state index is 12.8. The summed E-state index contributed by atoms with van der Waals surface area (Å²) in [6, 6.07) is 11.3. The zero-order valence-electron chi connectivity index (χ0n) is 17.2. The van der Waals surface area contributed by atoms with Gasteiger partial charge in [-0.1, -0.05) is 31.4 Å². The smallest absolute Gasteiger partial charge is 0.246 e. The van der Waals surface area contributed by atoms with Gasteiger partial charge in [0.2, 0.25) is 10.7 Å². The molecule has 3 aromatic rings. The van der Waals surface area contributed by atoms with E-state index in [1.807, 2.05) is 65.1 Å². The molecule has 0 saturated heterocycles.